The van der Waals surface area contributed by atoms with Gasteiger partial charge in [-0.25, -0.2) is 4.98 Å². The number of nitriles is 1. The molecular weight excluding hydrogens is 336 g/mol. The zero-order valence-electron chi connectivity index (χ0n) is 14.9. The van der Waals surface area contributed by atoms with E-state index in [0.29, 0.717) is 22.6 Å². The summed E-state index contributed by atoms with van der Waals surface area (Å²) in [4.78, 5) is 16.7. The fraction of sp³-hybridized carbons (Fsp3) is 0.136. The van der Waals surface area contributed by atoms with Crippen molar-refractivity contribution in [2.45, 2.75) is 12.8 Å². The van der Waals surface area contributed by atoms with Gasteiger partial charge in [0.25, 0.3) is 5.91 Å². The van der Waals surface area contributed by atoms with Crippen molar-refractivity contribution in [2.75, 3.05) is 17.2 Å². The molecule has 0 aliphatic heterocycles. The average molecular weight is 356 g/mol. The summed E-state index contributed by atoms with van der Waals surface area (Å²) in [6, 6.07) is 22.7. The second kappa shape index (κ2) is 9.16. The Hall–Kier alpha value is -3.65. The Balaban J connectivity index is 1.56. The second-order valence-electron chi connectivity index (χ2n) is 6.06. The highest BCUT2D eigenvalue weighted by Crippen LogP contribution is 2.16. The molecular formula is C22H20N4O. The summed E-state index contributed by atoms with van der Waals surface area (Å²) in [7, 11) is 0. The molecule has 0 saturated carbocycles. The van der Waals surface area contributed by atoms with Crippen molar-refractivity contribution >= 4 is 17.4 Å². The van der Waals surface area contributed by atoms with Crippen LogP contribution in [0, 0.1) is 11.3 Å². The van der Waals surface area contributed by atoms with Crippen molar-refractivity contribution in [2.24, 2.45) is 0 Å². The minimum Gasteiger partial charge on any atom is -0.370 e. The zero-order valence-corrected chi connectivity index (χ0v) is 14.9. The molecule has 2 aromatic carbocycles. The van der Waals surface area contributed by atoms with E-state index in [9.17, 15) is 4.79 Å². The minimum absolute atomic E-state index is 0.271. The number of benzene rings is 2. The lowest BCUT2D eigenvalue weighted by Crippen LogP contribution is -2.14. The van der Waals surface area contributed by atoms with E-state index in [1.807, 2.05) is 18.2 Å². The van der Waals surface area contributed by atoms with Crippen molar-refractivity contribution in [1.29, 1.82) is 5.26 Å². The molecule has 1 aromatic heterocycles. The van der Waals surface area contributed by atoms with Crippen molar-refractivity contribution in [3.63, 3.8) is 0 Å². The first-order chi connectivity index (χ1) is 13.3. The van der Waals surface area contributed by atoms with E-state index in [0.717, 1.165) is 19.4 Å². The van der Waals surface area contributed by atoms with Gasteiger partial charge in [0, 0.05) is 18.3 Å². The topological polar surface area (TPSA) is 77.8 Å². The molecule has 3 rings (SSSR count). The molecule has 0 aliphatic carbocycles. The molecule has 0 unspecified atom stereocenters. The number of hydrogen-bond donors (Lipinski definition) is 2. The van der Waals surface area contributed by atoms with E-state index in [-0.39, 0.29) is 5.91 Å². The molecule has 2 N–H and O–H groups in total. The van der Waals surface area contributed by atoms with Gasteiger partial charge in [-0.3, -0.25) is 4.79 Å². The Morgan fingerprint density at radius 2 is 1.81 bits per heavy atom. The number of nitrogens with zero attached hydrogens (tertiary/aromatic N) is 2. The van der Waals surface area contributed by atoms with Crippen LogP contribution < -0.4 is 10.6 Å². The molecule has 27 heavy (non-hydrogen) atoms. The van der Waals surface area contributed by atoms with Gasteiger partial charge in [0.1, 0.15) is 11.9 Å². The Labute approximate surface area is 158 Å². The van der Waals surface area contributed by atoms with Crippen LogP contribution in [-0.4, -0.2) is 17.4 Å². The molecule has 0 aliphatic rings. The monoisotopic (exact) mass is 356 g/mol. The van der Waals surface area contributed by atoms with Crippen molar-refractivity contribution in [3.05, 3.63) is 89.6 Å². The second-order valence-corrected chi connectivity index (χ2v) is 6.06. The molecule has 1 heterocycles. The van der Waals surface area contributed by atoms with E-state index in [4.69, 9.17) is 5.26 Å². The lowest BCUT2D eigenvalue weighted by atomic mass is 10.1. The summed E-state index contributed by atoms with van der Waals surface area (Å²) in [5, 5.41) is 15.2. The Kier molecular flexibility index (Phi) is 6.16. The number of carbonyl (C=O) groups is 1. The quantitative estimate of drug-likeness (QED) is 0.620. The first kappa shape index (κ1) is 18.2. The Morgan fingerprint density at radius 1 is 1.04 bits per heavy atom. The smallest absolute Gasteiger partial charge is 0.255 e. The van der Waals surface area contributed by atoms with Gasteiger partial charge in [-0.15, -0.1) is 0 Å². The molecule has 3 aromatic rings. The van der Waals surface area contributed by atoms with Crippen LogP contribution in [0.2, 0.25) is 0 Å². The molecule has 134 valence electrons. The zero-order chi connectivity index (χ0) is 18.9. The van der Waals surface area contributed by atoms with E-state index >= 15 is 0 Å². The fourth-order valence-corrected chi connectivity index (χ4v) is 2.71. The van der Waals surface area contributed by atoms with E-state index < -0.39 is 0 Å². The molecule has 0 fully saturated rings. The highest BCUT2D eigenvalue weighted by molar-refractivity contribution is 6.05. The number of hydrogen-bond acceptors (Lipinski definition) is 4. The predicted molar refractivity (Wildman–Crippen MR) is 107 cm³/mol. The van der Waals surface area contributed by atoms with Crippen molar-refractivity contribution < 1.29 is 4.79 Å². The van der Waals surface area contributed by atoms with Crippen LogP contribution in [0.4, 0.5) is 11.5 Å². The molecule has 0 bridgehead atoms. The average Bonchev–Trinajstić information content (AvgIpc) is 2.72. The number of aromatic nitrogens is 1. The number of aryl methyl sites for hydroxylation is 1. The van der Waals surface area contributed by atoms with Crippen LogP contribution in [0.25, 0.3) is 0 Å². The van der Waals surface area contributed by atoms with E-state index in [2.05, 4.69) is 33.8 Å². The van der Waals surface area contributed by atoms with Gasteiger partial charge in [-0.05, 0) is 42.7 Å². The lowest BCUT2D eigenvalue weighted by Gasteiger charge is -2.09. The largest absolute Gasteiger partial charge is 0.370 e. The number of carbonyl (C=O) groups excluding carboxylic acids is 1. The van der Waals surface area contributed by atoms with Gasteiger partial charge in [-0.2, -0.15) is 5.26 Å². The predicted octanol–water partition coefficient (Wildman–Crippen LogP) is 4.25. The normalized spacial score (nSPS) is 10.0. The number of anilines is 2. The number of rotatable bonds is 7. The maximum absolute atomic E-state index is 12.5. The van der Waals surface area contributed by atoms with E-state index in [1.54, 1.807) is 42.6 Å². The van der Waals surface area contributed by atoms with Crippen LogP contribution in [0.3, 0.4) is 0 Å². The van der Waals surface area contributed by atoms with Gasteiger partial charge >= 0.3 is 0 Å². The van der Waals surface area contributed by atoms with Crippen LogP contribution in [0.15, 0.2) is 72.9 Å². The van der Waals surface area contributed by atoms with Crippen LogP contribution in [-0.2, 0) is 6.42 Å². The summed E-state index contributed by atoms with van der Waals surface area (Å²) in [5.74, 6) is 0.386. The third-order valence-electron chi connectivity index (χ3n) is 4.11. The van der Waals surface area contributed by atoms with Crippen molar-refractivity contribution in [3.8, 4) is 6.07 Å². The van der Waals surface area contributed by atoms with Gasteiger partial charge < -0.3 is 10.6 Å². The number of pyridine rings is 1. The first-order valence-corrected chi connectivity index (χ1v) is 8.80. The van der Waals surface area contributed by atoms with Gasteiger partial charge in [0.15, 0.2) is 0 Å². The lowest BCUT2D eigenvalue weighted by molar-refractivity contribution is 0.102. The van der Waals surface area contributed by atoms with Gasteiger partial charge in [-0.1, -0.05) is 42.5 Å². The van der Waals surface area contributed by atoms with Crippen molar-refractivity contribution in [1.82, 2.24) is 4.98 Å². The van der Waals surface area contributed by atoms with Crippen LogP contribution in [0.5, 0.6) is 0 Å². The molecule has 0 saturated heterocycles. The summed E-state index contributed by atoms with van der Waals surface area (Å²) >= 11 is 0. The number of amides is 1. The van der Waals surface area contributed by atoms with Crippen LogP contribution >= 0.6 is 0 Å². The van der Waals surface area contributed by atoms with Crippen LogP contribution in [0.1, 0.15) is 27.9 Å². The highest BCUT2D eigenvalue weighted by atomic mass is 16.1. The number of para-hydroxylation sites is 1. The molecule has 0 radical (unpaired) electrons. The third-order valence-corrected chi connectivity index (χ3v) is 4.11. The fourth-order valence-electron chi connectivity index (χ4n) is 2.71. The molecule has 5 nitrogen and oxygen atoms in total. The maximum Gasteiger partial charge on any atom is 0.255 e. The SMILES string of the molecule is N#Cc1ccccc1NC(=O)c1ccnc(NCCCc2ccccc2)c1. The maximum atomic E-state index is 12.5. The first-order valence-electron chi connectivity index (χ1n) is 8.80. The third kappa shape index (κ3) is 5.16. The van der Waals surface area contributed by atoms with Gasteiger partial charge in [0.05, 0.1) is 11.3 Å². The summed E-state index contributed by atoms with van der Waals surface area (Å²) in [6.45, 7) is 0.768. The van der Waals surface area contributed by atoms with Gasteiger partial charge in [0.2, 0.25) is 0 Å². The molecule has 0 spiro atoms. The standard InChI is InChI=1S/C22H20N4O/c23-16-19-10-4-5-11-20(19)26-22(27)18-12-14-25-21(15-18)24-13-6-9-17-7-2-1-3-8-17/h1-5,7-8,10-12,14-15H,6,9,13H2,(H,24,25)(H,26,27). The summed E-state index contributed by atoms with van der Waals surface area (Å²) in [6.07, 6.45) is 3.56. The summed E-state index contributed by atoms with van der Waals surface area (Å²) in [5.41, 5.74) is 2.72. The molecule has 1 amide bonds. The Bertz CT molecular complexity index is 948. The minimum atomic E-state index is -0.271. The number of nitrogens with one attached hydrogen (secondary N) is 2. The Morgan fingerprint density at radius 3 is 2.63 bits per heavy atom. The molecule has 0 atom stereocenters. The highest BCUT2D eigenvalue weighted by Gasteiger charge is 2.09. The van der Waals surface area contributed by atoms with E-state index in [1.165, 1.54) is 5.56 Å². The summed E-state index contributed by atoms with van der Waals surface area (Å²) < 4.78 is 0. The molecule has 5 heteroatoms.